The molecule has 0 radical (unpaired) electrons. The lowest BCUT2D eigenvalue weighted by molar-refractivity contribution is 0.0511. The zero-order valence-electron chi connectivity index (χ0n) is 15.0. The molecule has 1 aliphatic rings. The van der Waals surface area contributed by atoms with E-state index in [4.69, 9.17) is 4.74 Å². The minimum absolute atomic E-state index is 0.122. The highest BCUT2D eigenvalue weighted by Gasteiger charge is 2.35. The quantitative estimate of drug-likeness (QED) is 0.648. The Kier molecular flexibility index (Phi) is 6.46. The fourth-order valence-electron chi connectivity index (χ4n) is 3.25. The van der Waals surface area contributed by atoms with Gasteiger partial charge in [0.05, 0.1) is 0 Å². The molecule has 23 heavy (non-hydrogen) atoms. The van der Waals surface area contributed by atoms with Crippen molar-refractivity contribution in [3.8, 4) is 0 Å². The standard InChI is InChI=1S/C19H31N3O/c1-5-16(3)22-18(20-4)21-14-19(10-12-23-13-11-19)17-9-7-6-8-15(17)2/h6-9,16H,5,10-14H2,1-4H3,(H2,20,21,22). The Labute approximate surface area is 140 Å². The summed E-state index contributed by atoms with van der Waals surface area (Å²) in [5.74, 6) is 0.888. The van der Waals surface area contributed by atoms with Gasteiger partial charge in [-0.25, -0.2) is 0 Å². The van der Waals surface area contributed by atoms with Crippen molar-refractivity contribution >= 4 is 5.96 Å². The molecule has 4 nitrogen and oxygen atoms in total. The lowest BCUT2D eigenvalue weighted by atomic mass is 9.72. The van der Waals surface area contributed by atoms with Crippen molar-refractivity contribution in [2.24, 2.45) is 4.99 Å². The summed E-state index contributed by atoms with van der Waals surface area (Å²) in [6, 6.07) is 9.16. The maximum atomic E-state index is 5.63. The predicted molar refractivity (Wildman–Crippen MR) is 97.2 cm³/mol. The van der Waals surface area contributed by atoms with Gasteiger partial charge in [-0.2, -0.15) is 0 Å². The van der Waals surface area contributed by atoms with E-state index in [0.29, 0.717) is 6.04 Å². The molecule has 0 amide bonds. The van der Waals surface area contributed by atoms with E-state index in [1.54, 1.807) is 0 Å². The van der Waals surface area contributed by atoms with Gasteiger partial charge in [-0.1, -0.05) is 31.2 Å². The van der Waals surface area contributed by atoms with E-state index < -0.39 is 0 Å². The van der Waals surface area contributed by atoms with E-state index in [0.717, 1.165) is 45.0 Å². The van der Waals surface area contributed by atoms with Crippen molar-refractivity contribution in [2.45, 2.75) is 51.5 Å². The summed E-state index contributed by atoms with van der Waals surface area (Å²) in [7, 11) is 1.84. The smallest absolute Gasteiger partial charge is 0.191 e. The number of hydrogen-bond acceptors (Lipinski definition) is 2. The van der Waals surface area contributed by atoms with Crippen molar-refractivity contribution < 1.29 is 4.74 Å². The third kappa shape index (κ3) is 4.47. The van der Waals surface area contributed by atoms with Crippen LogP contribution < -0.4 is 10.6 Å². The molecular formula is C19H31N3O. The first-order chi connectivity index (χ1) is 11.1. The van der Waals surface area contributed by atoms with Crippen LogP contribution in [-0.2, 0) is 10.2 Å². The Morgan fingerprint density at radius 2 is 2.00 bits per heavy atom. The van der Waals surface area contributed by atoms with Crippen LogP contribution >= 0.6 is 0 Å². The summed E-state index contributed by atoms with van der Waals surface area (Å²) in [5.41, 5.74) is 2.92. The number of guanidine groups is 1. The third-order valence-corrected chi connectivity index (χ3v) is 4.98. The lowest BCUT2D eigenvalue weighted by Gasteiger charge is -2.39. The molecule has 2 N–H and O–H groups in total. The van der Waals surface area contributed by atoms with Crippen LogP contribution in [0.25, 0.3) is 0 Å². The molecule has 0 bridgehead atoms. The average Bonchev–Trinajstić information content (AvgIpc) is 2.59. The molecule has 0 spiro atoms. The number of nitrogens with one attached hydrogen (secondary N) is 2. The highest BCUT2D eigenvalue weighted by Crippen LogP contribution is 2.36. The number of aryl methyl sites for hydroxylation is 1. The molecule has 4 heteroatoms. The van der Waals surface area contributed by atoms with Gasteiger partial charge in [-0.3, -0.25) is 4.99 Å². The number of aliphatic imine (C=N–C) groups is 1. The van der Waals surface area contributed by atoms with Gasteiger partial charge in [0.2, 0.25) is 0 Å². The van der Waals surface area contributed by atoms with Crippen molar-refractivity contribution in [3.05, 3.63) is 35.4 Å². The second kappa shape index (κ2) is 8.34. The number of nitrogens with zero attached hydrogens (tertiary/aromatic N) is 1. The third-order valence-electron chi connectivity index (χ3n) is 4.98. The fraction of sp³-hybridized carbons (Fsp3) is 0.632. The van der Waals surface area contributed by atoms with Gasteiger partial charge in [0.15, 0.2) is 5.96 Å². The summed E-state index contributed by atoms with van der Waals surface area (Å²) in [6.45, 7) is 9.10. The van der Waals surface area contributed by atoms with Crippen LogP contribution in [0.5, 0.6) is 0 Å². The van der Waals surface area contributed by atoms with E-state index in [2.05, 4.69) is 60.7 Å². The molecule has 1 unspecified atom stereocenters. The Morgan fingerprint density at radius 3 is 2.61 bits per heavy atom. The molecule has 0 saturated carbocycles. The van der Waals surface area contributed by atoms with Crippen molar-refractivity contribution in [2.75, 3.05) is 26.8 Å². The average molecular weight is 317 g/mol. The van der Waals surface area contributed by atoms with Gasteiger partial charge in [0, 0.05) is 38.3 Å². The molecule has 1 aliphatic heterocycles. The molecular weight excluding hydrogens is 286 g/mol. The topological polar surface area (TPSA) is 45.7 Å². The molecule has 1 aromatic rings. The van der Waals surface area contributed by atoms with Gasteiger partial charge >= 0.3 is 0 Å². The van der Waals surface area contributed by atoms with Crippen LogP contribution in [0, 0.1) is 6.92 Å². The number of ether oxygens (including phenoxy) is 1. The Bertz CT molecular complexity index is 521. The first-order valence-corrected chi connectivity index (χ1v) is 8.72. The van der Waals surface area contributed by atoms with E-state index in [1.165, 1.54) is 11.1 Å². The van der Waals surface area contributed by atoms with Gasteiger partial charge < -0.3 is 15.4 Å². The van der Waals surface area contributed by atoms with E-state index in [9.17, 15) is 0 Å². The SMILES string of the molecule is CCC(C)NC(=NC)NCC1(c2ccccc2C)CCOCC1. The van der Waals surface area contributed by atoms with Gasteiger partial charge in [-0.05, 0) is 44.2 Å². The van der Waals surface area contributed by atoms with Crippen molar-refractivity contribution in [3.63, 3.8) is 0 Å². The first kappa shape index (κ1) is 17.8. The Morgan fingerprint density at radius 1 is 1.30 bits per heavy atom. The highest BCUT2D eigenvalue weighted by molar-refractivity contribution is 5.80. The van der Waals surface area contributed by atoms with Crippen LogP contribution in [0.4, 0.5) is 0 Å². The molecule has 1 heterocycles. The molecule has 2 rings (SSSR count). The van der Waals surface area contributed by atoms with Crippen molar-refractivity contribution in [1.82, 2.24) is 10.6 Å². The Hall–Kier alpha value is -1.55. The van der Waals surface area contributed by atoms with Crippen molar-refractivity contribution in [1.29, 1.82) is 0 Å². The monoisotopic (exact) mass is 317 g/mol. The lowest BCUT2D eigenvalue weighted by Crippen LogP contribution is -2.49. The molecule has 1 atom stereocenters. The predicted octanol–water partition coefficient (Wildman–Crippen LogP) is 3.01. The van der Waals surface area contributed by atoms with Crippen LogP contribution in [0.1, 0.15) is 44.2 Å². The first-order valence-electron chi connectivity index (χ1n) is 8.72. The van der Waals surface area contributed by atoms with Gasteiger partial charge in [0.1, 0.15) is 0 Å². The van der Waals surface area contributed by atoms with E-state index in [1.807, 2.05) is 7.05 Å². The summed E-state index contributed by atoms with van der Waals surface area (Å²) >= 11 is 0. The summed E-state index contributed by atoms with van der Waals surface area (Å²) in [4.78, 5) is 4.37. The van der Waals surface area contributed by atoms with Crippen LogP contribution in [-0.4, -0.2) is 38.8 Å². The second-order valence-corrected chi connectivity index (χ2v) is 6.59. The molecule has 1 aromatic carbocycles. The van der Waals surface area contributed by atoms with Gasteiger partial charge in [0.25, 0.3) is 0 Å². The zero-order chi connectivity index (χ0) is 16.7. The maximum Gasteiger partial charge on any atom is 0.191 e. The Balaban J connectivity index is 2.15. The van der Waals surface area contributed by atoms with E-state index >= 15 is 0 Å². The largest absolute Gasteiger partial charge is 0.381 e. The van der Waals surface area contributed by atoms with Gasteiger partial charge in [-0.15, -0.1) is 0 Å². The second-order valence-electron chi connectivity index (χ2n) is 6.59. The minimum Gasteiger partial charge on any atom is -0.381 e. The number of hydrogen-bond donors (Lipinski definition) is 2. The van der Waals surface area contributed by atoms with Crippen LogP contribution in [0.2, 0.25) is 0 Å². The van der Waals surface area contributed by atoms with Crippen LogP contribution in [0.15, 0.2) is 29.3 Å². The number of rotatable bonds is 5. The van der Waals surface area contributed by atoms with E-state index in [-0.39, 0.29) is 5.41 Å². The van der Waals surface area contributed by atoms with Crippen LogP contribution in [0.3, 0.4) is 0 Å². The summed E-state index contributed by atoms with van der Waals surface area (Å²) in [5, 5.41) is 7.00. The summed E-state index contributed by atoms with van der Waals surface area (Å²) in [6.07, 6.45) is 3.17. The molecule has 0 aromatic heterocycles. The summed E-state index contributed by atoms with van der Waals surface area (Å²) < 4.78 is 5.63. The number of benzene rings is 1. The normalized spacial score (nSPS) is 19.2. The molecule has 0 aliphatic carbocycles. The molecule has 1 saturated heterocycles. The zero-order valence-corrected chi connectivity index (χ0v) is 15.0. The molecule has 1 fully saturated rings. The maximum absolute atomic E-state index is 5.63. The fourth-order valence-corrected chi connectivity index (χ4v) is 3.25. The minimum atomic E-state index is 0.122. The molecule has 128 valence electrons. The highest BCUT2D eigenvalue weighted by atomic mass is 16.5.